The van der Waals surface area contributed by atoms with Gasteiger partial charge in [0.1, 0.15) is 5.82 Å². The summed E-state index contributed by atoms with van der Waals surface area (Å²) in [6.07, 6.45) is 5.70. The molecule has 106 valence electrons. The van der Waals surface area contributed by atoms with Gasteiger partial charge in [-0.05, 0) is 53.4 Å². The second-order valence-electron chi connectivity index (χ2n) is 5.36. The topological polar surface area (TPSA) is 58.1 Å². The zero-order valence-corrected chi connectivity index (χ0v) is 13.0. The molecule has 6 heteroatoms. The Morgan fingerprint density at radius 2 is 2.14 bits per heavy atom. The highest BCUT2D eigenvalue weighted by Crippen LogP contribution is 2.44. The van der Waals surface area contributed by atoms with Crippen molar-refractivity contribution in [3.63, 3.8) is 0 Å². The largest absolute Gasteiger partial charge is 0.318 e. The van der Waals surface area contributed by atoms with Gasteiger partial charge in [0.25, 0.3) is 5.91 Å². The van der Waals surface area contributed by atoms with Crippen LogP contribution in [0, 0.1) is 6.92 Å². The lowest BCUT2D eigenvalue weighted by Gasteiger charge is -2.24. The normalized spacial score (nSPS) is 16.9. The van der Waals surface area contributed by atoms with Crippen LogP contribution in [-0.2, 0) is 0 Å². The van der Waals surface area contributed by atoms with Crippen LogP contribution in [0.25, 0.3) is 0 Å². The highest BCUT2D eigenvalue weighted by Gasteiger charge is 2.38. The fourth-order valence-corrected chi connectivity index (χ4v) is 2.93. The molecule has 0 atom stereocenters. The van der Waals surface area contributed by atoms with Crippen molar-refractivity contribution < 1.29 is 4.79 Å². The van der Waals surface area contributed by atoms with E-state index >= 15 is 0 Å². The number of carbonyl (C=O) groups excluding carboxylic acids is 1. The Bertz CT molecular complexity index is 757. The van der Waals surface area contributed by atoms with E-state index in [9.17, 15) is 4.79 Å². The molecule has 2 aromatic heterocycles. The summed E-state index contributed by atoms with van der Waals surface area (Å²) in [4.78, 5) is 23.6. The number of aromatic nitrogens is 2. The van der Waals surface area contributed by atoms with Crippen molar-refractivity contribution in [2.45, 2.75) is 25.8 Å². The SMILES string of the molecule is Cc1c(Br)cnc2c1NC(=O)c1cccnc1N2C1CC1. The van der Waals surface area contributed by atoms with Gasteiger partial charge in [0.15, 0.2) is 5.82 Å². The van der Waals surface area contributed by atoms with E-state index < -0.39 is 0 Å². The monoisotopic (exact) mass is 344 g/mol. The Morgan fingerprint density at radius 1 is 1.33 bits per heavy atom. The maximum absolute atomic E-state index is 12.5. The number of amides is 1. The van der Waals surface area contributed by atoms with E-state index in [1.807, 2.05) is 13.0 Å². The van der Waals surface area contributed by atoms with E-state index in [1.54, 1.807) is 18.5 Å². The minimum atomic E-state index is -0.134. The van der Waals surface area contributed by atoms with Gasteiger partial charge in [-0.3, -0.25) is 4.79 Å². The first-order valence-electron chi connectivity index (χ1n) is 6.87. The van der Waals surface area contributed by atoms with Crippen LogP contribution >= 0.6 is 15.9 Å². The van der Waals surface area contributed by atoms with Crippen LogP contribution in [0.2, 0.25) is 0 Å². The summed E-state index contributed by atoms with van der Waals surface area (Å²) in [5.41, 5.74) is 2.34. The molecular formula is C15H13BrN4O. The predicted molar refractivity (Wildman–Crippen MR) is 84.0 cm³/mol. The van der Waals surface area contributed by atoms with E-state index in [4.69, 9.17) is 0 Å². The maximum Gasteiger partial charge on any atom is 0.259 e. The standard InChI is InChI=1S/C15H13BrN4O/c1-8-11(16)7-18-14-12(8)19-15(21)10-3-2-6-17-13(10)20(14)9-4-5-9/h2-3,6-7,9H,4-5H2,1H3,(H,19,21). The molecule has 3 heterocycles. The molecule has 0 radical (unpaired) electrons. The van der Waals surface area contributed by atoms with Gasteiger partial charge in [0.05, 0.1) is 11.3 Å². The first kappa shape index (κ1) is 12.8. The summed E-state index contributed by atoms with van der Waals surface area (Å²) in [5.74, 6) is 1.35. The van der Waals surface area contributed by atoms with Gasteiger partial charge in [-0.2, -0.15) is 0 Å². The zero-order valence-electron chi connectivity index (χ0n) is 11.4. The van der Waals surface area contributed by atoms with Crippen molar-refractivity contribution in [2.75, 3.05) is 10.2 Å². The highest BCUT2D eigenvalue weighted by atomic mass is 79.9. The van der Waals surface area contributed by atoms with Crippen molar-refractivity contribution in [1.29, 1.82) is 0 Å². The van der Waals surface area contributed by atoms with Crippen LogP contribution in [0.4, 0.5) is 17.3 Å². The second-order valence-corrected chi connectivity index (χ2v) is 6.21. The minimum absolute atomic E-state index is 0.134. The summed E-state index contributed by atoms with van der Waals surface area (Å²) in [6.45, 7) is 1.97. The average molecular weight is 345 g/mol. The van der Waals surface area contributed by atoms with Crippen molar-refractivity contribution in [1.82, 2.24) is 9.97 Å². The molecule has 1 aliphatic carbocycles. The number of pyridine rings is 2. The van der Waals surface area contributed by atoms with E-state index in [0.717, 1.165) is 34.4 Å². The van der Waals surface area contributed by atoms with Gasteiger partial charge in [0.2, 0.25) is 0 Å². The van der Waals surface area contributed by atoms with Crippen LogP contribution in [0.1, 0.15) is 28.8 Å². The highest BCUT2D eigenvalue weighted by molar-refractivity contribution is 9.10. The predicted octanol–water partition coefficient (Wildman–Crippen LogP) is 3.41. The molecule has 0 saturated heterocycles. The van der Waals surface area contributed by atoms with Gasteiger partial charge >= 0.3 is 0 Å². The number of anilines is 3. The molecule has 5 nitrogen and oxygen atoms in total. The van der Waals surface area contributed by atoms with Crippen molar-refractivity contribution >= 4 is 39.2 Å². The van der Waals surface area contributed by atoms with Crippen LogP contribution < -0.4 is 10.2 Å². The minimum Gasteiger partial charge on any atom is -0.318 e. The number of fused-ring (bicyclic) bond motifs is 2. The molecule has 1 saturated carbocycles. The van der Waals surface area contributed by atoms with Gasteiger partial charge in [-0.15, -0.1) is 0 Å². The Balaban J connectivity index is 2.01. The third kappa shape index (κ3) is 1.93. The molecule has 0 bridgehead atoms. The number of carbonyl (C=O) groups is 1. The number of hydrogen-bond acceptors (Lipinski definition) is 4. The Hall–Kier alpha value is -1.95. The number of halogens is 1. The number of nitrogens with one attached hydrogen (secondary N) is 1. The maximum atomic E-state index is 12.5. The van der Waals surface area contributed by atoms with Crippen LogP contribution in [0.15, 0.2) is 29.0 Å². The summed E-state index contributed by atoms with van der Waals surface area (Å²) in [6, 6.07) is 3.97. The second kappa shape index (κ2) is 4.53. The van der Waals surface area contributed by atoms with Gasteiger partial charge in [-0.25, -0.2) is 9.97 Å². The molecule has 1 fully saturated rings. The molecule has 2 aliphatic rings. The van der Waals surface area contributed by atoms with Crippen LogP contribution in [0.3, 0.4) is 0 Å². The first-order valence-corrected chi connectivity index (χ1v) is 7.67. The molecule has 1 N–H and O–H groups in total. The zero-order chi connectivity index (χ0) is 14.6. The molecule has 2 aromatic rings. The number of hydrogen-bond donors (Lipinski definition) is 1. The van der Waals surface area contributed by atoms with Crippen molar-refractivity contribution in [3.05, 3.63) is 40.1 Å². The van der Waals surface area contributed by atoms with E-state index in [0.29, 0.717) is 17.4 Å². The lowest BCUT2D eigenvalue weighted by atomic mass is 10.2. The van der Waals surface area contributed by atoms with E-state index in [2.05, 4.69) is 36.1 Å². The van der Waals surface area contributed by atoms with E-state index in [-0.39, 0.29) is 5.91 Å². The fourth-order valence-electron chi connectivity index (χ4n) is 2.62. The lowest BCUT2D eigenvalue weighted by molar-refractivity contribution is 0.102. The summed E-state index contributed by atoms with van der Waals surface area (Å²) in [7, 11) is 0. The smallest absolute Gasteiger partial charge is 0.259 e. The van der Waals surface area contributed by atoms with Crippen LogP contribution in [0.5, 0.6) is 0 Å². The van der Waals surface area contributed by atoms with E-state index in [1.165, 1.54) is 0 Å². The molecule has 0 unspecified atom stereocenters. The van der Waals surface area contributed by atoms with Gasteiger partial charge in [0, 0.05) is 22.9 Å². The third-order valence-corrected chi connectivity index (χ3v) is 4.69. The summed E-state index contributed by atoms with van der Waals surface area (Å²) >= 11 is 3.48. The van der Waals surface area contributed by atoms with Crippen LogP contribution in [-0.4, -0.2) is 21.9 Å². The molecular weight excluding hydrogens is 332 g/mol. The third-order valence-electron chi connectivity index (χ3n) is 3.90. The fraction of sp³-hybridized carbons (Fsp3) is 0.267. The molecule has 0 aromatic carbocycles. The first-order chi connectivity index (χ1) is 10.2. The summed E-state index contributed by atoms with van der Waals surface area (Å²) in [5, 5.41) is 2.99. The molecule has 0 spiro atoms. The van der Waals surface area contributed by atoms with Crippen molar-refractivity contribution in [3.8, 4) is 0 Å². The molecule has 4 rings (SSSR count). The molecule has 21 heavy (non-hydrogen) atoms. The molecule has 1 aliphatic heterocycles. The Labute approximate surface area is 130 Å². The average Bonchev–Trinajstić information content (AvgIpc) is 3.31. The number of rotatable bonds is 1. The number of nitrogens with zero attached hydrogens (tertiary/aromatic N) is 3. The van der Waals surface area contributed by atoms with Crippen molar-refractivity contribution in [2.24, 2.45) is 0 Å². The van der Waals surface area contributed by atoms with Gasteiger partial charge in [-0.1, -0.05) is 0 Å². The Morgan fingerprint density at radius 3 is 2.90 bits per heavy atom. The molecule has 1 amide bonds. The quantitative estimate of drug-likeness (QED) is 0.861. The van der Waals surface area contributed by atoms with Gasteiger partial charge < -0.3 is 10.2 Å². The lowest BCUT2D eigenvalue weighted by Crippen LogP contribution is -2.22. The Kier molecular flexibility index (Phi) is 2.75. The summed E-state index contributed by atoms with van der Waals surface area (Å²) < 4.78 is 0.885.